The fourth-order valence-electron chi connectivity index (χ4n) is 3.67. The first kappa shape index (κ1) is 25.0. The van der Waals surface area contributed by atoms with Gasteiger partial charge in [0, 0.05) is 13.7 Å². The first-order valence-electron chi connectivity index (χ1n) is 11.3. The van der Waals surface area contributed by atoms with Gasteiger partial charge in [-0.1, -0.05) is 36.4 Å². The molecule has 7 heteroatoms. The molecule has 180 valence electrons. The lowest BCUT2D eigenvalue weighted by Gasteiger charge is -2.38. The molecule has 1 atom stereocenters. The van der Waals surface area contributed by atoms with E-state index in [1.807, 2.05) is 69.3 Å². The highest BCUT2D eigenvalue weighted by Crippen LogP contribution is 2.33. The Bertz CT molecular complexity index is 880. The van der Waals surface area contributed by atoms with E-state index >= 15 is 0 Å². The maximum atomic E-state index is 13.0. The minimum atomic E-state index is -0.562. The minimum Gasteiger partial charge on any atom is -0.468 e. The van der Waals surface area contributed by atoms with Gasteiger partial charge in [0.15, 0.2) is 6.79 Å². The predicted octanol–water partition coefficient (Wildman–Crippen LogP) is 4.74. The third-order valence-corrected chi connectivity index (χ3v) is 5.23. The molecule has 0 bridgehead atoms. The number of benzene rings is 2. The number of hydrogen-bond donors (Lipinski definition) is 0. The predicted molar refractivity (Wildman–Crippen MR) is 125 cm³/mol. The molecule has 0 radical (unpaired) electrons. The Hall–Kier alpha value is -2.61. The molecule has 3 rings (SSSR count). The highest BCUT2D eigenvalue weighted by molar-refractivity contribution is 5.69. The van der Waals surface area contributed by atoms with E-state index in [0.717, 1.165) is 22.4 Å². The van der Waals surface area contributed by atoms with Crippen LogP contribution < -0.4 is 4.74 Å². The molecule has 33 heavy (non-hydrogen) atoms. The summed E-state index contributed by atoms with van der Waals surface area (Å²) in [5.74, 6) is 0.737. The molecule has 0 aromatic heterocycles. The van der Waals surface area contributed by atoms with Crippen molar-refractivity contribution in [1.82, 2.24) is 4.90 Å². The van der Waals surface area contributed by atoms with Gasteiger partial charge in [0.25, 0.3) is 0 Å². The van der Waals surface area contributed by atoms with Gasteiger partial charge in [0.2, 0.25) is 0 Å². The molecule has 1 aliphatic rings. The molecule has 7 nitrogen and oxygen atoms in total. The average molecular weight is 458 g/mol. The van der Waals surface area contributed by atoms with Crippen LogP contribution in [0, 0.1) is 0 Å². The van der Waals surface area contributed by atoms with Gasteiger partial charge in [0.05, 0.1) is 32.5 Å². The topological polar surface area (TPSA) is 66.5 Å². The van der Waals surface area contributed by atoms with E-state index in [-0.39, 0.29) is 18.9 Å². The Kier molecular flexibility index (Phi) is 9.11. The fourth-order valence-corrected chi connectivity index (χ4v) is 3.67. The second kappa shape index (κ2) is 12.0. The largest absolute Gasteiger partial charge is 0.468 e. The Morgan fingerprint density at radius 1 is 1.06 bits per heavy atom. The van der Waals surface area contributed by atoms with Gasteiger partial charge >= 0.3 is 6.09 Å². The van der Waals surface area contributed by atoms with E-state index in [1.54, 1.807) is 12.0 Å². The first-order valence-corrected chi connectivity index (χ1v) is 11.3. The number of amides is 1. The molecule has 1 unspecified atom stereocenters. The number of carbonyl (C=O) groups is 1. The van der Waals surface area contributed by atoms with Crippen molar-refractivity contribution in [2.75, 3.05) is 40.3 Å². The molecule has 1 heterocycles. The van der Waals surface area contributed by atoms with Crippen molar-refractivity contribution in [2.45, 2.75) is 45.4 Å². The summed E-state index contributed by atoms with van der Waals surface area (Å²) < 4.78 is 27.8. The van der Waals surface area contributed by atoms with Crippen LogP contribution in [0.1, 0.15) is 43.5 Å². The molecule has 0 saturated carbocycles. The Labute approximate surface area is 196 Å². The molecular formula is C26H35NO6. The molecule has 0 aliphatic carbocycles. The molecule has 0 fully saturated rings. The summed E-state index contributed by atoms with van der Waals surface area (Å²) in [6.45, 7) is 8.21. The summed E-state index contributed by atoms with van der Waals surface area (Å²) in [7, 11) is 1.63. The maximum Gasteiger partial charge on any atom is 0.410 e. The molecule has 0 N–H and O–H groups in total. The second-order valence-corrected chi connectivity index (χ2v) is 8.96. The Morgan fingerprint density at radius 2 is 1.85 bits per heavy atom. The second-order valence-electron chi connectivity index (χ2n) is 8.96. The SMILES string of the molecule is COCCOCOc1ccc2c(c1)CCN(C(=O)OC(C)(C)C)C2COCc1ccccc1. The highest BCUT2D eigenvalue weighted by atomic mass is 16.7. The molecular weight excluding hydrogens is 422 g/mol. The van der Waals surface area contributed by atoms with Crippen LogP contribution in [0.2, 0.25) is 0 Å². The zero-order valence-electron chi connectivity index (χ0n) is 20.0. The maximum absolute atomic E-state index is 13.0. The van der Waals surface area contributed by atoms with Crippen molar-refractivity contribution in [3.8, 4) is 5.75 Å². The summed E-state index contributed by atoms with van der Waals surface area (Å²) in [6, 6.07) is 15.7. The normalized spacial score (nSPS) is 15.8. The number of carbonyl (C=O) groups excluding carboxylic acids is 1. The lowest BCUT2D eigenvalue weighted by Crippen LogP contribution is -2.44. The number of nitrogens with zero attached hydrogens (tertiary/aromatic N) is 1. The molecule has 1 aliphatic heterocycles. The fraction of sp³-hybridized carbons (Fsp3) is 0.500. The third kappa shape index (κ3) is 7.74. The van der Waals surface area contributed by atoms with Gasteiger partial charge in [-0.05, 0) is 56.0 Å². The van der Waals surface area contributed by atoms with Gasteiger partial charge in [-0.25, -0.2) is 4.79 Å². The van der Waals surface area contributed by atoms with Crippen molar-refractivity contribution < 1.29 is 28.5 Å². The monoisotopic (exact) mass is 457 g/mol. The molecule has 0 saturated heterocycles. The van der Waals surface area contributed by atoms with Gasteiger partial charge < -0.3 is 23.7 Å². The van der Waals surface area contributed by atoms with Crippen molar-refractivity contribution >= 4 is 6.09 Å². The van der Waals surface area contributed by atoms with Crippen molar-refractivity contribution in [2.24, 2.45) is 0 Å². The van der Waals surface area contributed by atoms with Crippen LogP contribution in [0.4, 0.5) is 4.79 Å². The van der Waals surface area contributed by atoms with E-state index < -0.39 is 5.60 Å². The van der Waals surface area contributed by atoms with E-state index in [1.165, 1.54) is 0 Å². The van der Waals surface area contributed by atoms with Crippen LogP contribution in [0.15, 0.2) is 48.5 Å². The van der Waals surface area contributed by atoms with Gasteiger partial charge in [-0.2, -0.15) is 0 Å². The van der Waals surface area contributed by atoms with Crippen LogP contribution in [0.25, 0.3) is 0 Å². The summed E-state index contributed by atoms with van der Waals surface area (Å²) in [5, 5.41) is 0. The Morgan fingerprint density at radius 3 is 2.58 bits per heavy atom. The van der Waals surface area contributed by atoms with Crippen molar-refractivity contribution in [3.63, 3.8) is 0 Å². The van der Waals surface area contributed by atoms with E-state index in [0.29, 0.717) is 39.4 Å². The number of ether oxygens (including phenoxy) is 5. The van der Waals surface area contributed by atoms with Gasteiger partial charge in [-0.15, -0.1) is 0 Å². The number of rotatable bonds is 10. The lowest BCUT2D eigenvalue weighted by atomic mass is 9.93. The van der Waals surface area contributed by atoms with Crippen LogP contribution in [0.5, 0.6) is 5.75 Å². The molecule has 1 amide bonds. The zero-order chi connectivity index (χ0) is 23.7. The van der Waals surface area contributed by atoms with E-state index in [2.05, 4.69) is 0 Å². The van der Waals surface area contributed by atoms with E-state index in [9.17, 15) is 4.79 Å². The van der Waals surface area contributed by atoms with Gasteiger partial charge in [-0.3, -0.25) is 4.90 Å². The zero-order valence-corrected chi connectivity index (χ0v) is 20.0. The Balaban J connectivity index is 1.71. The molecule has 2 aromatic carbocycles. The lowest BCUT2D eigenvalue weighted by molar-refractivity contribution is -0.00889. The van der Waals surface area contributed by atoms with Crippen LogP contribution in [0.3, 0.4) is 0 Å². The van der Waals surface area contributed by atoms with Crippen molar-refractivity contribution in [1.29, 1.82) is 0 Å². The molecule has 0 spiro atoms. The summed E-state index contributed by atoms with van der Waals surface area (Å²) in [4.78, 5) is 14.7. The first-order chi connectivity index (χ1) is 15.9. The van der Waals surface area contributed by atoms with E-state index in [4.69, 9.17) is 23.7 Å². The average Bonchev–Trinajstić information content (AvgIpc) is 2.78. The highest BCUT2D eigenvalue weighted by Gasteiger charge is 2.34. The summed E-state index contributed by atoms with van der Waals surface area (Å²) in [6.07, 6.45) is 0.388. The van der Waals surface area contributed by atoms with Crippen LogP contribution in [-0.2, 0) is 32.0 Å². The smallest absolute Gasteiger partial charge is 0.410 e. The van der Waals surface area contributed by atoms with Crippen LogP contribution in [-0.4, -0.2) is 56.9 Å². The van der Waals surface area contributed by atoms with Crippen molar-refractivity contribution in [3.05, 3.63) is 65.2 Å². The standard InChI is InChI=1S/C26H35NO6/c1-26(2,3)33-25(28)27-13-12-21-16-22(32-19-30-15-14-29-4)10-11-23(21)24(27)18-31-17-20-8-6-5-7-9-20/h5-11,16,24H,12-15,17-19H2,1-4H3. The number of hydrogen-bond acceptors (Lipinski definition) is 6. The van der Waals surface area contributed by atoms with Gasteiger partial charge in [0.1, 0.15) is 11.4 Å². The summed E-state index contributed by atoms with van der Waals surface area (Å²) >= 11 is 0. The third-order valence-electron chi connectivity index (χ3n) is 5.23. The minimum absolute atomic E-state index is 0.162. The number of fused-ring (bicyclic) bond motifs is 1. The summed E-state index contributed by atoms with van der Waals surface area (Å²) in [5.41, 5.74) is 2.72. The number of methoxy groups -OCH3 is 1. The van der Waals surface area contributed by atoms with Crippen LogP contribution >= 0.6 is 0 Å². The quantitative estimate of drug-likeness (QED) is 0.379. The molecule has 2 aromatic rings.